The van der Waals surface area contributed by atoms with Crippen molar-refractivity contribution in [1.82, 2.24) is 15.5 Å². The maximum absolute atomic E-state index is 11.0. The van der Waals surface area contributed by atoms with Gasteiger partial charge in [0.2, 0.25) is 0 Å². The van der Waals surface area contributed by atoms with Crippen LogP contribution in [0.1, 0.15) is 36.0 Å². The van der Waals surface area contributed by atoms with Crippen LogP contribution in [0, 0.1) is 0 Å². The van der Waals surface area contributed by atoms with Crippen LogP contribution < -0.4 is 10.2 Å². The van der Waals surface area contributed by atoms with Crippen molar-refractivity contribution in [2.24, 2.45) is 0 Å². The van der Waals surface area contributed by atoms with E-state index >= 15 is 0 Å². The van der Waals surface area contributed by atoms with Crippen molar-refractivity contribution in [3.05, 3.63) is 46.1 Å². The lowest BCUT2D eigenvalue weighted by Gasteiger charge is -2.33. The molecule has 1 saturated heterocycles. The zero-order chi connectivity index (χ0) is 20.1. The molecule has 1 amide bonds. The normalized spacial score (nSPS) is 17.1. The number of methoxy groups -OCH3 is 2. The molecule has 0 bridgehead atoms. The number of hydrogen-bond donors (Lipinski definition) is 3. The number of piperidine rings is 1. The van der Waals surface area contributed by atoms with Crippen molar-refractivity contribution in [3.8, 4) is 0 Å². The fraction of sp³-hybridized carbons (Fsp3) is 0.474. The van der Waals surface area contributed by atoms with E-state index in [1.807, 2.05) is 24.3 Å². The molecule has 1 aromatic carbocycles. The lowest BCUT2D eigenvalue weighted by atomic mass is 10.0. The predicted molar refractivity (Wildman–Crippen MR) is 106 cm³/mol. The van der Waals surface area contributed by atoms with E-state index in [9.17, 15) is 4.79 Å². The van der Waals surface area contributed by atoms with Crippen molar-refractivity contribution in [1.29, 1.82) is 0 Å². The molecule has 0 aliphatic carbocycles. The van der Waals surface area contributed by atoms with Crippen molar-refractivity contribution in [2.45, 2.75) is 31.6 Å². The number of nitrogens with zero attached hydrogens (tertiary/aromatic N) is 2. The smallest absolute Gasteiger partial charge is 0.404 e. The molecule has 1 atom stereocenters. The van der Waals surface area contributed by atoms with E-state index in [0.29, 0.717) is 18.0 Å². The van der Waals surface area contributed by atoms with E-state index in [-0.39, 0.29) is 6.04 Å². The van der Waals surface area contributed by atoms with Gasteiger partial charge in [-0.25, -0.2) is 4.79 Å². The minimum atomic E-state index is -1.01. The molecule has 0 radical (unpaired) electrons. The van der Waals surface area contributed by atoms with Gasteiger partial charge in [0.15, 0.2) is 12.1 Å². The van der Waals surface area contributed by atoms with E-state index < -0.39 is 12.4 Å². The average Bonchev–Trinajstić information content (AvgIpc) is 3.08. The Kier molecular flexibility index (Phi) is 6.77. The van der Waals surface area contributed by atoms with E-state index in [4.69, 9.17) is 26.2 Å². The third-order valence-corrected chi connectivity index (χ3v) is 5.28. The lowest BCUT2D eigenvalue weighted by molar-refractivity contribution is -0.109. The lowest BCUT2D eigenvalue weighted by Crippen LogP contribution is -2.47. The predicted octanol–water partition coefficient (Wildman–Crippen LogP) is 3.18. The highest BCUT2D eigenvalue weighted by atomic mass is 35.5. The number of amides is 1. The molecular formula is C19H25ClN4O4. The molecule has 1 aliphatic rings. The molecule has 0 spiro atoms. The zero-order valence-corrected chi connectivity index (χ0v) is 16.7. The van der Waals surface area contributed by atoms with Gasteiger partial charge < -0.3 is 24.8 Å². The number of rotatable bonds is 7. The Hall–Kier alpha value is -2.29. The summed E-state index contributed by atoms with van der Waals surface area (Å²) in [5.74, 6) is 0.769. The topological polar surface area (TPSA) is 99.7 Å². The summed E-state index contributed by atoms with van der Waals surface area (Å²) in [5, 5.41) is 19.9. The number of ether oxygens (including phenoxy) is 2. The van der Waals surface area contributed by atoms with Crippen molar-refractivity contribution >= 4 is 23.5 Å². The first-order chi connectivity index (χ1) is 13.5. The number of aromatic nitrogens is 2. The van der Waals surface area contributed by atoms with Crippen LogP contribution in [0.25, 0.3) is 0 Å². The van der Waals surface area contributed by atoms with Crippen LogP contribution in [0.4, 0.5) is 10.6 Å². The van der Waals surface area contributed by atoms with Gasteiger partial charge >= 0.3 is 6.09 Å². The Morgan fingerprint density at radius 2 is 2.18 bits per heavy atom. The standard InChI is InChI=1S/C19H25ClN4O4/c1-27-18(28-2)16-14(10-12-6-3-4-8-15(12)20)17(23-22-16)24-9-5-7-13(11-24)21-19(25)26/h3-4,6,8,13,18,21H,5,7,9-11H2,1-2H3,(H,22,23)(H,25,26)/t13-/m1/s1. The first-order valence-electron chi connectivity index (χ1n) is 9.14. The molecular weight excluding hydrogens is 384 g/mol. The van der Waals surface area contributed by atoms with Gasteiger partial charge in [0.1, 0.15) is 0 Å². The Labute approximate surface area is 168 Å². The quantitative estimate of drug-likeness (QED) is 0.608. The first-order valence-corrected chi connectivity index (χ1v) is 9.51. The Morgan fingerprint density at radius 1 is 1.43 bits per heavy atom. The number of anilines is 1. The molecule has 2 aromatic rings. The molecule has 1 aromatic heterocycles. The molecule has 3 rings (SSSR count). The number of H-pyrrole nitrogens is 1. The summed E-state index contributed by atoms with van der Waals surface area (Å²) in [6, 6.07) is 7.53. The van der Waals surface area contributed by atoms with E-state index in [1.165, 1.54) is 0 Å². The number of nitrogens with one attached hydrogen (secondary N) is 2. The van der Waals surface area contributed by atoms with Crippen LogP contribution in [0.15, 0.2) is 24.3 Å². The summed E-state index contributed by atoms with van der Waals surface area (Å²) in [6.07, 6.45) is 0.633. The summed E-state index contributed by atoms with van der Waals surface area (Å²) in [7, 11) is 3.14. The third-order valence-electron chi connectivity index (χ3n) is 4.91. The van der Waals surface area contributed by atoms with Gasteiger partial charge in [-0.05, 0) is 24.5 Å². The minimum Gasteiger partial charge on any atom is -0.465 e. The van der Waals surface area contributed by atoms with Gasteiger partial charge in [0, 0.05) is 50.4 Å². The summed E-state index contributed by atoms with van der Waals surface area (Å²) >= 11 is 6.38. The summed E-state index contributed by atoms with van der Waals surface area (Å²) in [4.78, 5) is 13.1. The number of aromatic amines is 1. The fourth-order valence-corrected chi connectivity index (χ4v) is 3.83. The maximum atomic E-state index is 11.0. The largest absolute Gasteiger partial charge is 0.465 e. The van der Waals surface area contributed by atoms with Crippen LogP contribution in [0.2, 0.25) is 5.02 Å². The van der Waals surface area contributed by atoms with Crippen LogP contribution >= 0.6 is 11.6 Å². The third kappa shape index (κ3) is 4.57. The van der Waals surface area contributed by atoms with Crippen LogP contribution in [0.3, 0.4) is 0 Å². The van der Waals surface area contributed by atoms with Gasteiger partial charge in [-0.15, -0.1) is 0 Å². The molecule has 28 heavy (non-hydrogen) atoms. The second-order valence-corrected chi connectivity index (χ2v) is 7.15. The highest BCUT2D eigenvalue weighted by Gasteiger charge is 2.28. The number of carboxylic acid groups (broad SMARTS) is 1. The summed E-state index contributed by atoms with van der Waals surface area (Å²) in [6.45, 7) is 1.35. The first kappa shape index (κ1) is 20.4. The van der Waals surface area contributed by atoms with E-state index in [1.54, 1.807) is 14.2 Å². The van der Waals surface area contributed by atoms with Gasteiger partial charge in [-0.3, -0.25) is 5.10 Å². The molecule has 1 aliphatic heterocycles. The van der Waals surface area contributed by atoms with Crippen molar-refractivity contribution in [2.75, 3.05) is 32.2 Å². The molecule has 8 nitrogen and oxygen atoms in total. The van der Waals surface area contributed by atoms with Gasteiger partial charge in [0.05, 0.1) is 5.69 Å². The fourth-order valence-electron chi connectivity index (χ4n) is 3.63. The molecule has 1 fully saturated rings. The number of carbonyl (C=O) groups is 1. The van der Waals surface area contributed by atoms with Crippen LogP contribution in [-0.2, 0) is 15.9 Å². The Bertz CT molecular complexity index is 809. The molecule has 2 heterocycles. The second-order valence-electron chi connectivity index (χ2n) is 6.75. The van der Waals surface area contributed by atoms with E-state index in [0.717, 1.165) is 42.0 Å². The van der Waals surface area contributed by atoms with Gasteiger partial charge in [-0.1, -0.05) is 29.8 Å². The van der Waals surface area contributed by atoms with Crippen molar-refractivity contribution in [3.63, 3.8) is 0 Å². The Morgan fingerprint density at radius 3 is 2.86 bits per heavy atom. The molecule has 0 saturated carbocycles. The second kappa shape index (κ2) is 9.27. The van der Waals surface area contributed by atoms with Crippen LogP contribution in [-0.4, -0.2) is 54.7 Å². The minimum absolute atomic E-state index is 0.139. The molecule has 0 unspecified atom stereocenters. The zero-order valence-electron chi connectivity index (χ0n) is 15.9. The van der Waals surface area contributed by atoms with E-state index in [2.05, 4.69) is 20.4 Å². The van der Waals surface area contributed by atoms with Gasteiger partial charge in [0.25, 0.3) is 0 Å². The summed E-state index contributed by atoms with van der Waals surface area (Å²) < 4.78 is 10.9. The molecule has 3 N–H and O–H groups in total. The average molecular weight is 409 g/mol. The summed E-state index contributed by atoms with van der Waals surface area (Å²) in [5.41, 5.74) is 2.63. The maximum Gasteiger partial charge on any atom is 0.404 e. The number of halogens is 1. The van der Waals surface area contributed by atoms with Crippen LogP contribution in [0.5, 0.6) is 0 Å². The monoisotopic (exact) mass is 408 g/mol. The van der Waals surface area contributed by atoms with Crippen molar-refractivity contribution < 1.29 is 19.4 Å². The highest BCUT2D eigenvalue weighted by molar-refractivity contribution is 6.31. The molecule has 9 heteroatoms. The highest BCUT2D eigenvalue weighted by Crippen LogP contribution is 2.32. The SMILES string of the molecule is COC(OC)c1[nH]nc(N2CCC[C@@H](NC(=O)O)C2)c1Cc1ccccc1Cl. The number of hydrogen-bond acceptors (Lipinski definition) is 5. The number of benzene rings is 1. The Balaban J connectivity index is 1.94. The van der Waals surface area contributed by atoms with Gasteiger partial charge in [-0.2, -0.15) is 5.10 Å². The molecule has 152 valence electrons.